The van der Waals surface area contributed by atoms with Gasteiger partial charge in [0.2, 0.25) is 0 Å². The van der Waals surface area contributed by atoms with E-state index >= 15 is 0 Å². The maximum atomic E-state index is 11.4. The first-order chi connectivity index (χ1) is 7.66. The lowest BCUT2D eigenvalue weighted by atomic mass is 10.2. The first-order valence-electron chi connectivity index (χ1n) is 5.69. The van der Waals surface area contributed by atoms with E-state index in [0.717, 1.165) is 37.7 Å². The molecule has 0 aliphatic carbocycles. The Morgan fingerprint density at radius 3 is 2.75 bits per heavy atom. The van der Waals surface area contributed by atoms with Gasteiger partial charge in [0.25, 0.3) is 5.56 Å². The fraction of sp³-hybridized carbons (Fsp3) is 0.636. The fourth-order valence-electron chi connectivity index (χ4n) is 2.04. The molecule has 1 aliphatic heterocycles. The number of aromatic nitrogens is 2. The number of nitrogens with one attached hydrogen (secondary N) is 2. The van der Waals surface area contributed by atoms with Crippen molar-refractivity contribution in [2.75, 3.05) is 26.2 Å². The third kappa shape index (κ3) is 2.48. The van der Waals surface area contributed by atoms with Crippen molar-refractivity contribution in [3.63, 3.8) is 0 Å². The second-order valence-corrected chi connectivity index (χ2v) is 4.23. The van der Waals surface area contributed by atoms with Crippen LogP contribution in [0.2, 0.25) is 0 Å². The lowest BCUT2D eigenvalue weighted by Gasteiger charge is -2.32. The van der Waals surface area contributed by atoms with E-state index in [-0.39, 0.29) is 11.6 Å². The summed E-state index contributed by atoms with van der Waals surface area (Å²) in [5.74, 6) is 0.770. The SMILES string of the molecule is Cc1cc(=O)[nH]c(C(C)N2CCNCC2)n1. The highest BCUT2D eigenvalue weighted by molar-refractivity contribution is 5.03. The average molecular weight is 222 g/mol. The van der Waals surface area contributed by atoms with Crippen LogP contribution in [-0.4, -0.2) is 41.0 Å². The van der Waals surface area contributed by atoms with Crippen LogP contribution in [0.5, 0.6) is 0 Å². The zero-order valence-corrected chi connectivity index (χ0v) is 9.79. The molecule has 5 heteroatoms. The Hall–Kier alpha value is -1.20. The quantitative estimate of drug-likeness (QED) is 0.742. The molecule has 5 nitrogen and oxygen atoms in total. The smallest absolute Gasteiger partial charge is 0.251 e. The van der Waals surface area contributed by atoms with Crippen molar-refractivity contribution in [2.24, 2.45) is 0 Å². The van der Waals surface area contributed by atoms with Crippen molar-refractivity contribution in [3.05, 3.63) is 27.9 Å². The minimum Gasteiger partial charge on any atom is -0.314 e. The number of rotatable bonds is 2. The number of nitrogens with zero attached hydrogens (tertiary/aromatic N) is 2. The van der Waals surface area contributed by atoms with E-state index < -0.39 is 0 Å². The van der Waals surface area contributed by atoms with Crippen molar-refractivity contribution in [1.29, 1.82) is 0 Å². The average Bonchev–Trinajstić information content (AvgIpc) is 2.28. The maximum absolute atomic E-state index is 11.4. The van der Waals surface area contributed by atoms with Crippen LogP contribution in [0, 0.1) is 6.92 Å². The number of hydrogen-bond donors (Lipinski definition) is 2. The lowest BCUT2D eigenvalue weighted by molar-refractivity contribution is 0.179. The predicted molar refractivity (Wildman–Crippen MR) is 62.5 cm³/mol. The van der Waals surface area contributed by atoms with Gasteiger partial charge < -0.3 is 10.3 Å². The minimum atomic E-state index is -0.0653. The van der Waals surface area contributed by atoms with Crippen LogP contribution in [0.1, 0.15) is 24.5 Å². The number of hydrogen-bond acceptors (Lipinski definition) is 4. The Morgan fingerprint density at radius 2 is 2.12 bits per heavy atom. The third-order valence-electron chi connectivity index (χ3n) is 2.98. The molecule has 16 heavy (non-hydrogen) atoms. The van der Waals surface area contributed by atoms with Gasteiger partial charge in [0, 0.05) is 37.9 Å². The first kappa shape index (κ1) is 11.3. The Kier molecular flexibility index (Phi) is 3.36. The molecule has 1 aromatic heterocycles. The summed E-state index contributed by atoms with van der Waals surface area (Å²) in [5, 5.41) is 3.31. The fourth-order valence-corrected chi connectivity index (χ4v) is 2.04. The maximum Gasteiger partial charge on any atom is 0.251 e. The topological polar surface area (TPSA) is 61.0 Å². The zero-order chi connectivity index (χ0) is 11.5. The molecule has 0 saturated carbocycles. The molecule has 0 spiro atoms. The second kappa shape index (κ2) is 4.76. The molecule has 0 amide bonds. The van der Waals surface area contributed by atoms with Gasteiger partial charge in [-0.3, -0.25) is 9.69 Å². The number of H-pyrrole nitrogens is 1. The van der Waals surface area contributed by atoms with Gasteiger partial charge in [-0.1, -0.05) is 0 Å². The molecule has 0 bridgehead atoms. The number of aromatic amines is 1. The van der Waals surface area contributed by atoms with Gasteiger partial charge in [-0.25, -0.2) is 4.98 Å². The summed E-state index contributed by atoms with van der Waals surface area (Å²) in [5.41, 5.74) is 0.713. The van der Waals surface area contributed by atoms with Crippen molar-refractivity contribution in [2.45, 2.75) is 19.9 Å². The van der Waals surface area contributed by atoms with Crippen LogP contribution in [-0.2, 0) is 0 Å². The van der Waals surface area contributed by atoms with E-state index in [1.54, 1.807) is 0 Å². The first-order valence-corrected chi connectivity index (χ1v) is 5.69. The van der Waals surface area contributed by atoms with E-state index in [4.69, 9.17) is 0 Å². The van der Waals surface area contributed by atoms with Crippen molar-refractivity contribution >= 4 is 0 Å². The van der Waals surface area contributed by atoms with Crippen LogP contribution >= 0.6 is 0 Å². The summed E-state index contributed by atoms with van der Waals surface area (Å²) in [4.78, 5) is 20.9. The van der Waals surface area contributed by atoms with E-state index in [1.807, 2.05) is 6.92 Å². The summed E-state index contributed by atoms with van der Waals surface area (Å²) < 4.78 is 0. The van der Waals surface area contributed by atoms with E-state index in [9.17, 15) is 4.79 Å². The number of aryl methyl sites for hydroxylation is 1. The van der Waals surface area contributed by atoms with Crippen molar-refractivity contribution < 1.29 is 0 Å². The molecular formula is C11H18N4O. The number of piperazine rings is 1. The molecule has 1 saturated heterocycles. The minimum absolute atomic E-state index is 0.0653. The van der Waals surface area contributed by atoms with Gasteiger partial charge >= 0.3 is 0 Å². The molecule has 2 N–H and O–H groups in total. The molecule has 0 aromatic carbocycles. The highest BCUT2D eigenvalue weighted by atomic mass is 16.1. The largest absolute Gasteiger partial charge is 0.314 e. The monoisotopic (exact) mass is 222 g/mol. The van der Waals surface area contributed by atoms with Crippen molar-refractivity contribution in [3.8, 4) is 0 Å². The Labute approximate surface area is 94.9 Å². The molecule has 88 valence electrons. The summed E-state index contributed by atoms with van der Waals surface area (Å²) in [6, 6.07) is 1.70. The van der Waals surface area contributed by atoms with Crippen LogP contribution in [0.15, 0.2) is 10.9 Å². The molecule has 1 aromatic rings. The lowest BCUT2D eigenvalue weighted by Crippen LogP contribution is -2.45. The standard InChI is InChI=1S/C11H18N4O/c1-8-7-10(16)14-11(13-8)9(2)15-5-3-12-4-6-15/h7,9,12H,3-6H2,1-2H3,(H,13,14,16). The molecular weight excluding hydrogens is 204 g/mol. The summed E-state index contributed by atoms with van der Waals surface area (Å²) in [6.45, 7) is 7.94. The van der Waals surface area contributed by atoms with Gasteiger partial charge in [-0.2, -0.15) is 0 Å². The normalized spacial score (nSPS) is 19.6. The molecule has 1 fully saturated rings. The van der Waals surface area contributed by atoms with E-state index in [2.05, 4.69) is 27.1 Å². The van der Waals surface area contributed by atoms with Crippen LogP contribution < -0.4 is 10.9 Å². The van der Waals surface area contributed by atoms with Gasteiger partial charge in [0.05, 0.1) is 6.04 Å². The highest BCUT2D eigenvalue weighted by Gasteiger charge is 2.19. The molecule has 2 heterocycles. The Balaban J connectivity index is 2.18. The molecule has 1 unspecified atom stereocenters. The highest BCUT2D eigenvalue weighted by Crippen LogP contribution is 2.15. The van der Waals surface area contributed by atoms with Gasteiger partial charge in [0.1, 0.15) is 5.82 Å². The summed E-state index contributed by atoms with van der Waals surface area (Å²) >= 11 is 0. The van der Waals surface area contributed by atoms with Crippen LogP contribution in [0.25, 0.3) is 0 Å². The summed E-state index contributed by atoms with van der Waals surface area (Å²) in [7, 11) is 0. The second-order valence-electron chi connectivity index (χ2n) is 4.23. The van der Waals surface area contributed by atoms with Gasteiger partial charge in [0.15, 0.2) is 0 Å². The molecule has 0 radical (unpaired) electrons. The van der Waals surface area contributed by atoms with Gasteiger partial charge in [-0.15, -0.1) is 0 Å². The van der Waals surface area contributed by atoms with Crippen LogP contribution in [0.3, 0.4) is 0 Å². The van der Waals surface area contributed by atoms with Crippen LogP contribution in [0.4, 0.5) is 0 Å². The zero-order valence-electron chi connectivity index (χ0n) is 9.79. The third-order valence-corrected chi connectivity index (χ3v) is 2.98. The molecule has 1 atom stereocenters. The van der Waals surface area contributed by atoms with E-state index in [0.29, 0.717) is 0 Å². The molecule has 1 aliphatic rings. The summed E-state index contributed by atoms with van der Waals surface area (Å²) in [6.07, 6.45) is 0. The van der Waals surface area contributed by atoms with Crippen molar-refractivity contribution in [1.82, 2.24) is 20.2 Å². The Morgan fingerprint density at radius 1 is 1.44 bits per heavy atom. The molecule has 2 rings (SSSR count). The predicted octanol–water partition coefficient (Wildman–Crippen LogP) is 0.0445. The Bertz CT molecular complexity index is 409. The van der Waals surface area contributed by atoms with Gasteiger partial charge in [-0.05, 0) is 13.8 Å². The van der Waals surface area contributed by atoms with E-state index in [1.165, 1.54) is 6.07 Å².